The second-order valence-electron chi connectivity index (χ2n) is 8.80. The molecule has 0 bridgehead atoms. The highest BCUT2D eigenvalue weighted by Gasteiger charge is 2.64. The molecule has 9 nitrogen and oxygen atoms in total. The molecule has 2 unspecified atom stereocenters. The number of carbonyl (C=O) groups excluding carboxylic acids is 3. The first-order chi connectivity index (χ1) is 14.8. The molecule has 0 amide bonds. The highest BCUT2D eigenvalue weighted by atomic mass is 19.1. The van der Waals surface area contributed by atoms with E-state index in [1.165, 1.54) is 19.0 Å². The molecule has 170 valence electrons. The Labute approximate surface area is 182 Å². The van der Waals surface area contributed by atoms with E-state index in [1.54, 1.807) is 0 Å². The fourth-order valence-electron chi connectivity index (χ4n) is 5.39. The number of fused-ring (bicyclic) bond motifs is 3. The third kappa shape index (κ3) is 2.59. The van der Waals surface area contributed by atoms with Crippen LogP contribution in [0, 0.1) is 17.7 Å². The van der Waals surface area contributed by atoms with Gasteiger partial charge in [0.25, 0.3) is 0 Å². The molecular weight excluding hydrogens is 423 g/mol. The quantitative estimate of drug-likeness (QED) is 0.251. The fourth-order valence-corrected chi connectivity index (χ4v) is 5.39. The second-order valence-corrected chi connectivity index (χ2v) is 8.80. The molecule has 1 saturated carbocycles. The number of rotatable bonds is 2. The largest absolute Gasteiger partial charge is 0.508 e. The van der Waals surface area contributed by atoms with Gasteiger partial charge in [0.2, 0.25) is 5.78 Å². The lowest BCUT2D eigenvalue weighted by Crippen LogP contribution is -2.65. The standard InChI is InChI=1S/C22H23FN2O7/c1-7(26)13-19(29)16(25(2)3)10-5-8-4-9-11(23)6-12(24)17(27)15(9)18(28)14(8)21(31)22(10,32)20(13)30/h6,8,10,16,27-28,30,32H,4-5,24H2,1-3H3/t8?,10?,16-,22+/m0/s1. The predicted molar refractivity (Wildman–Crippen MR) is 110 cm³/mol. The van der Waals surface area contributed by atoms with Gasteiger partial charge in [0.1, 0.15) is 28.7 Å². The van der Waals surface area contributed by atoms with Crippen LogP contribution in [0.5, 0.6) is 5.75 Å². The number of nitrogen functional groups attached to an aromatic ring is 1. The molecule has 3 aliphatic rings. The summed E-state index contributed by atoms with van der Waals surface area (Å²) in [4.78, 5) is 40.1. The van der Waals surface area contributed by atoms with E-state index < -0.39 is 69.5 Å². The third-order valence-electron chi connectivity index (χ3n) is 6.80. The number of hydrogen-bond donors (Lipinski definition) is 5. The number of aromatic hydroxyl groups is 1. The Morgan fingerprint density at radius 2 is 1.88 bits per heavy atom. The van der Waals surface area contributed by atoms with Crippen molar-refractivity contribution < 1.29 is 39.2 Å². The highest BCUT2D eigenvalue weighted by Crippen LogP contribution is 2.53. The topological polar surface area (TPSA) is 161 Å². The van der Waals surface area contributed by atoms with E-state index in [0.29, 0.717) is 0 Å². The molecule has 0 heterocycles. The summed E-state index contributed by atoms with van der Waals surface area (Å²) < 4.78 is 14.6. The number of hydrogen-bond acceptors (Lipinski definition) is 9. The summed E-state index contributed by atoms with van der Waals surface area (Å²) in [7, 11) is 3.07. The van der Waals surface area contributed by atoms with Crippen molar-refractivity contribution in [1.82, 2.24) is 4.90 Å². The molecule has 0 saturated heterocycles. The lowest BCUT2D eigenvalue weighted by molar-refractivity contribution is -0.153. The summed E-state index contributed by atoms with van der Waals surface area (Å²) in [6, 6.07) is -0.207. The number of benzene rings is 1. The average Bonchev–Trinajstić information content (AvgIpc) is 2.68. The van der Waals surface area contributed by atoms with Crippen LogP contribution >= 0.6 is 0 Å². The summed E-state index contributed by atoms with van der Waals surface area (Å²) in [5, 5.41) is 43.4. The zero-order chi connectivity index (χ0) is 23.9. The number of nitrogens with zero attached hydrogens (tertiary/aromatic N) is 1. The maximum Gasteiger partial charge on any atom is 0.202 e. The second kappa shape index (κ2) is 6.88. The van der Waals surface area contributed by atoms with Crippen LogP contribution in [-0.4, -0.2) is 68.4 Å². The van der Waals surface area contributed by atoms with Crippen molar-refractivity contribution in [3.05, 3.63) is 39.9 Å². The van der Waals surface area contributed by atoms with Gasteiger partial charge in [0, 0.05) is 23.1 Å². The number of phenolic OH excluding ortho intramolecular Hbond substituents is 1. The van der Waals surface area contributed by atoms with Gasteiger partial charge in [-0.1, -0.05) is 0 Å². The predicted octanol–water partition coefficient (Wildman–Crippen LogP) is 0.789. The van der Waals surface area contributed by atoms with Gasteiger partial charge >= 0.3 is 0 Å². The smallest absolute Gasteiger partial charge is 0.202 e. The molecule has 6 N–H and O–H groups in total. The lowest BCUT2D eigenvalue weighted by Gasteiger charge is -2.50. The number of anilines is 1. The normalized spacial score (nSPS) is 29.8. The van der Waals surface area contributed by atoms with Crippen molar-refractivity contribution in [2.75, 3.05) is 19.8 Å². The molecule has 10 heteroatoms. The van der Waals surface area contributed by atoms with Crippen molar-refractivity contribution in [1.29, 1.82) is 0 Å². The van der Waals surface area contributed by atoms with Gasteiger partial charge in [-0.15, -0.1) is 0 Å². The molecule has 0 radical (unpaired) electrons. The van der Waals surface area contributed by atoms with Gasteiger partial charge in [-0.2, -0.15) is 0 Å². The lowest BCUT2D eigenvalue weighted by atomic mass is 9.57. The number of aliphatic hydroxyl groups excluding tert-OH is 2. The van der Waals surface area contributed by atoms with Gasteiger partial charge in [-0.05, 0) is 39.8 Å². The third-order valence-corrected chi connectivity index (χ3v) is 6.80. The first-order valence-corrected chi connectivity index (χ1v) is 9.99. The van der Waals surface area contributed by atoms with E-state index in [0.717, 1.165) is 13.0 Å². The molecule has 0 aliphatic heterocycles. The van der Waals surface area contributed by atoms with Crippen molar-refractivity contribution in [3.63, 3.8) is 0 Å². The molecular formula is C22H23FN2O7. The minimum absolute atomic E-state index is 0.0473. The van der Waals surface area contributed by atoms with Crippen molar-refractivity contribution in [2.45, 2.75) is 31.4 Å². The van der Waals surface area contributed by atoms with Gasteiger partial charge in [0.15, 0.2) is 17.2 Å². The summed E-state index contributed by atoms with van der Waals surface area (Å²) in [6.07, 6.45) is -0.180. The summed E-state index contributed by atoms with van der Waals surface area (Å²) in [5.41, 5.74) is 1.20. The Hall–Kier alpha value is -3.24. The Bertz CT molecular complexity index is 1170. The van der Waals surface area contributed by atoms with Crippen molar-refractivity contribution in [2.24, 2.45) is 11.8 Å². The van der Waals surface area contributed by atoms with E-state index >= 15 is 0 Å². The molecule has 3 aliphatic carbocycles. The van der Waals surface area contributed by atoms with Crippen LogP contribution < -0.4 is 5.73 Å². The monoisotopic (exact) mass is 446 g/mol. The van der Waals surface area contributed by atoms with Crippen molar-refractivity contribution >= 4 is 28.8 Å². The van der Waals surface area contributed by atoms with Gasteiger partial charge in [0.05, 0.1) is 17.3 Å². The van der Waals surface area contributed by atoms with Gasteiger partial charge in [-0.25, -0.2) is 4.39 Å². The Morgan fingerprint density at radius 3 is 2.44 bits per heavy atom. The van der Waals surface area contributed by atoms with Crippen LogP contribution in [0.1, 0.15) is 24.5 Å². The van der Waals surface area contributed by atoms with E-state index in [2.05, 4.69) is 0 Å². The number of aliphatic hydroxyl groups is 3. The van der Waals surface area contributed by atoms with E-state index in [1.807, 2.05) is 0 Å². The van der Waals surface area contributed by atoms with E-state index in [4.69, 9.17) is 5.73 Å². The Kier molecular flexibility index (Phi) is 4.72. The molecule has 0 spiro atoms. The Balaban J connectivity index is 2.00. The Morgan fingerprint density at radius 1 is 1.25 bits per heavy atom. The number of phenols is 1. The van der Waals surface area contributed by atoms with Crippen LogP contribution in [0.25, 0.3) is 5.76 Å². The number of nitrogens with two attached hydrogens (primary N) is 1. The van der Waals surface area contributed by atoms with Crippen LogP contribution in [-0.2, 0) is 20.8 Å². The molecule has 4 atom stereocenters. The molecule has 1 aromatic rings. The van der Waals surface area contributed by atoms with Gasteiger partial charge < -0.3 is 26.2 Å². The molecule has 32 heavy (non-hydrogen) atoms. The minimum atomic E-state index is -2.66. The highest BCUT2D eigenvalue weighted by molar-refractivity contribution is 6.25. The molecule has 0 aromatic heterocycles. The zero-order valence-corrected chi connectivity index (χ0v) is 17.6. The fraction of sp³-hybridized carbons (Fsp3) is 0.409. The maximum atomic E-state index is 14.6. The molecule has 4 rings (SSSR count). The van der Waals surface area contributed by atoms with E-state index in [-0.39, 0.29) is 35.2 Å². The van der Waals surface area contributed by atoms with Crippen LogP contribution in [0.2, 0.25) is 0 Å². The van der Waals surface area contributed by atoms with E-state index in [9.17, 15) is 39.2 Å². The first kappa shape index (κ1) is 22.0. The summed E-state index contributed by atoms with van der Waals surface area (Å²) in [5.74, 6) is -7.83. The molecule has 1 aromatic carbocycles. The summed E-state index contributed by atoms with van der Waals surface area (Å²) in [6.45, 7) is 1.03. The van der Waals surface area contributed by atoms with Crippen LogP contribution in [0.15, 0.2) is 23.0 Å². The minimum Gasteiger partial charge on any atom is -0.508 e. The maximum absolute atomic E-state index is 14.6. The first-order valence-electron chi connectivity index (χ1n) is 9.99. The number of carbonyl (C=O) groups is 3. The number of ketones is 3. The van der Waals surface area contributed by atoms with Crippen LogP contribution in [0.4, 0.5) is 10.1 Å². The SMILES string of the molecule is CC(=O)C1=C(O)[C@@]2(O)C(=O)C3=C(O)c4c(O)c(N)cc(F)c4CC3CC2[C@H](N(C)C)C1=O. The van der Waals surface area contributed by atoms with Crippen LogP contribution in [0.3, 0.4) is 0 Å². The number of halogens is 1. The summed E-state index contributed by atoms with van der Waals surface area (Å²) >= 11 is 0. The average molecular weight is 446 g/mol. The molecule has 1 fully saturated rings. The number of likely N-dealkylation sites (N-methyl/N-ethyl adjacent to an activating group) is 1. The zero-order valence-electron chi connectivity index (χ0n) is 17.6. The van der Waals surface area contributed by atoms with Gasteiger partial charge in [-0.3, -0.25) is 19.3 Å². The number of Topliss-reactive ketones (excluding diaryl/α,β-unsaturated/α-hetero) is 3. The van der Waals surface area contributed by atoms with Crippen molar-refractivity contribution in [3.8, 4) is 5.75 Å².